The molecule has 7 nitrogen and oxygen atoms in total. The first-order valence-electron chi connectivity index (χ1n) is 6.91. The molecule has 0 fully saturated rings. The molecule has 0 radical (unpaired) electrons. The molecule has 2 N–H and O–H groups in total. The van der Waals surface area contributed by atoms with Crippen molar-refractivity contribution in [2.75, 3.05) is 10.6 Å². The Balaban J connectivity index is 1.97. The van der Waals surface area contributed by atoms with Crippen molar-refractivity contribution >= 4 is 45.6 Å². The van der Waals surface area contributed by atoms with Gasteiger partial charge in [0.2, 0.25) is 0 Å². The summed E-state index contributed by atoms with van der Waals surface area (Å²) in [6, 6.07) is 12.8. The van der Waals surface area contributed by atoms with Crippen LogP contribution in [-0.4, -0.2) is 15.9 Å². The summed E-state index contributed by atoms with van der Waals surface area (Å²) < 4.78 is 0. The second-order valence-electron chi connectivity index (χ2n) is 4.86. The smallest absolute Gasteiger partial charge is 0.308 e. The van der Waals surface area contributed by atoms with E-state index in [0.29, 0.717) is 11.1 Å². The molecule has 0 saturated carbocycles. The first kappa shape index (κ1) is 15.7. The van der Waals surface area contributed by atoms with E-state index in [1.165, 1.54) is 18.3 Å². The molecule has 1 heterocycles. The third-order valence-corrected chi connectivity index (χ3v) is 3.58. The quantitative estimate of drug-likeness (QED) is 0.543. The molecule has 24 heavy (non-hydrogen) atoms. The number of pyridine rings is 1. The predicted octanol–water partition coefficient (Wildman–Crippen LogP) is 4.44. The summed E-state index contributed by atoms with van der Waals surface area (Å²) >= 11 is 6.11. The Hall–Kier alpha value is -3.19. The highest BCUT2D eigenvalue weighted by Crippen LogP contribution is 2.33. The maximum atomic E-state index is 12.2. The fraction of sp³-hybridized carbons (Fsp3) is 0. The molecule has 0 spiro atoms. The monoisotopic (exact) mass is 342 g/mol. The number of nitrogens with one attached hydrogen (secondary N) is 2. The summed E-state index contributed by atoms with van der Waals surface area (Å²) in [5, 5.41) is 17.0. The van der Waals surface area contributed by atoms with E-state index in [9.17, 15) is 14.9 Å². The number of nitro benzene ring substituents is 1. The van der Waals surface area contributed by atoms with Gasteiger partial charge in [-0.05, 0) is 12.1 Å². The Morgan fingerprint density at radius 2 is 1.83 bits per heavy atom. The van der Waals surface area contributed by atoms with Crippen LogP contribution in [0.1, 0.15) is 0 Å². The van der Waals surface area contributed by atoms with Crippen molar-refractivity contribution in [3.8, 4) is 0 Å². The van der Waals surface area contributed by atoms with E-state index in [1.807, 2.05) is 6.07 Å². The zero-order valence-corrected chi connectivity index (χ0v) is 12.9. The molecule has 0 unspecified atom stereocenters. The van der Waals surface area contributed by atoms with Gasteiger partial charge in [-0.15, -0.1) is 0 Å². The van der Waals surface area contributed by atoms with Crippen LogP contribution in [0.5, 0.6) is 0 Å². The third kappa shape index (κ3) is 3.11. The fourth-order valence-electron chi connectivity index (χ4n) is 2.25. The molecule has 3 rings (SSSR count). The number of carbonyl (C=O) groups is 1. The van der Waals surface area contributed by atoms with Gasteiger partial charge >= 0.3 is 6.03 Å². The van der Waals surface area contributed by atoms with E-state index in [2.05, 4.69) is 15.6 Å². The van der Waals surface area contributed by atoms with Crippen LogP contribution in [0.4, 0.5) is 21.9 Å². The number of rotatable bonds is 3. The number of non-ortho nitro benzene ring substituents is 1. The maximum Gasteiger partial charge on any atom is 0.323 e. The molecular weight excluding hydrogens is 332 g/mol. The van der Waals surface area contributed by atoms with Gasteiger partial charge < -0.3 is 10.6 Å². The van der Waals surface area contributed by atoms with Gasteiger partial charge in [-0.1, -0.05) is 41.9 Å². The maximum absolute atomic E-state index is 12.2. The lowest BCUT2D eigenvalue weighted by atomic mass is 10.1. The molecule has 3 aromatic rings. The van der Waals surface area contributed by atoms with Crippen molar-refractivity contribution in [2.45, 2.75) is 0 Å². The number of aromatic nitrogens is 1. The summed E-state index contributed by atoms with van der Waals surface area (Å²) in [5.41, 5.74) is 0.867. The highest BCUT2D eigenvalue weighted by molar-refractivity contribution is 6.35. The van der Waals surface area contributed by atoms with E-state index >= 15 is 0 Å². The Bertz CT molecular complexity index is 931. The van der Waals surface area contributed by atoms with Crippen LogP contribution < -0.4 is 10.6 Å². The first-order chi connectivity index (χ1) is 11.6. The van der Waals surface area contributed by atoms with Gasteiger partial charge in [0, 0.05) is 23.3 Å². The van der Waals surface area contributed by atoms with Crippen LogP contribution in [0.2, 0.25) is 5.02 Å². The van der Waals surface area contributed by atoms with E-state index in [0.717, 1.165) is 0 Å². The number of para-hydroxylation sites is 2. The van der Waals surface area contributed by atoms with Crippen molar-refractivity contribution in [3.05, 3.63) is 69.9 Å². The van der Waals surface area contributed by atoms with Crippen LogP contribution in [0.3, 0.4) is 0 Å². The number of anilines is 2. The SMILES string of the molecule is O=C(Nc1ccccc1)Nc1c(Cl)cnc2c([N+](=O)[O-])cccc12. The molecule has 0 atom stereocenters. The number of hydrogen-bond acceptors (Lipinski definition) is 4. The summed E-state index contributed by atoms with van der Waals surface area (Å²) in [5.74, 6) is 0. The van der Waals surface area contributed by atoms with Crippen LogP contribution in [0.25, 0.3) is 10.9 Å². The van der Waals surface area contributed by atoms with Gasteiger partial charge in [-0.3, -0.25) is 10.1 Å². The summed E-state index contributed by atoms with van der Waals surface area (Å²) in [6.45, 7) is 0. The normalized spacial score (nSPS) is 10.4. The second-order valence-corrected chi connectivity index (χ2v) is 5.26. The largest absolute Gasteiger partial charge is 0.323 e. The van der Waals surface area contributed by atoms with Gasteiger partial charge in [0.05, 0.1) is 15.6 Å². The van der Waals surface area contributed by atoms with Crippen molar-refractivity contribution < 1.29 is 9.72 Å². The molecule has 2 aromatic carbocycles. The van der Waals surface area contributed by atoms with Crippen molar-refractivity contribution in [1.29, 1.82) is 0 Å². The summed E-state index contributed by atoms with van der Waals surface area (Å²) in [4.78, 5) is 26.7. The Kier molecular flexibility index (Phi) is 4.26. The standard InChI is InChI=1S/C16H11ClN4O3/c17-12-9-18-15-11(7-4-8-13(15)21(23)24)14(12)20-16(22)19-10-5-2-1-3-6-10/h1-9H,(H2,18,19,20,22). The lowest BCUT2D eigenvalue weighted by Crippen LogP contribution is -2.19. The van der Waals surface area contributed by atoms with Gasteiger partial charge in [0.15, 0.2) is 0 Å². The Morgan fingerprint density at radius 1 is 1.08 bits per heavy atom. The average Bonchev–Trinajstić information content (AvgIpc) is 2.57. The number of benzene rings is 2. The Morgan fingerprint density at radius 3 is 2.54 bits per heavy atom. The van der Waals surface area contributed by atoms with E-state index < -0.39 is 11.0 Å². The Labute approximate surface area is 141 Å². The average molecular weight is 343 g/mol. The van der Waals surface area contributed by atoms with Crippen molar-refractivity contribution in [2.24, 2.45) is 0 Å². The molecule has 2 amide bonds. The number of hydrogen-bond donors (Lipinski definition) is 2. The highest BCUT2D eigenvalue weighted by Gasteiger charge is 2.18. The fourth-order valence-corrected chi connectivity index (χ4v) is 2.45. The minimum Gasteiger partial charge on any atom is -0.308 e. The molecule has 0 aliphatic heterocycles. The third-order valence-electron chi connectivity index (χ3n) is 3.30. The van der Waals surface area contributed by atoms with Crippen molar-refractivity contribution in [3.63, 3.8) is 0 Å². The molecule has 1 aromatic heterocycles. The molecule has 0 aliphatic rings. The van der Waals surface area contributed by atoms with Gasteiger partial charge in [-0.25, -0.2) is 9.78 Å². The predicted molar refractivity (Wildman–Crippen MR) is 92.5 cm³/mol. The number of urea groups is 1. The minimum atomic E-state index is -0.531. The highest BCUT2D eigenvalue weighted by atomic mass is 35.5. The molecule has 0 saturated heterocycles. The minimum absolute atomic E-state index is 0.155. The van der Waals surface area contributed by atoms with Gasteiger partial charge in [0.25, 0.3) is 5.69 Å². The van der Waals surface area contributed by atoms with Crippen LogP contribution in [0.15, 0.2) is 54.7 Å². The lowest BCUT2D eigenvalue weighted by molar-refractivity contribution is -0.383. The molecule has 8 heteroatoms. The number of nitrogens with zero attached hydrogens (tertiary/aromatic N) is 2. The number of fused-ring (bicyclic) bond motifs is 1. The van der Waals surface area contributed by atoms with Crippen LogP contribution in [0, 0.1) is 10.1 Å². The molecule has 0 aliphatic carbocycles. The van der Waals surface area contributed by atoms with E-state index in [-0.39, 0.29) is 21.9 Å². The van der Waals surface area contributed by atoms with Crippen molar-refractivity contribution in [1.82, 2.24) is 4.98 Å². The lowest BCUT2D eigenvalue weighted by Gasteiger charge is -2.11. The number of carbonyl (C=O) groups excluding carboxylic acids is 1. The van der Waals surface area contributed by atoms with Gasteiger partial charge in [0.1, 0.15) is 5.52 Å². The van der Waals surface area contributed by atoms with E-state index in [4.69, 9.17) is 11.6 Å². The van der Waals surface area contributed by atoms with Gasteiger partial charge in [-0.2, -0.15) is 0 Å². The number of amides is 2. The topological polar surface area (TPSA) is 97.2 Å². The van der Waals surface area contributed by atoms with Crippen LogP contribution >= 0.6 is 11.6 Å². The van der Waals surface area contributed by atoms with Crippen LogP contribution in [-0.2, 0) is 0 Å². The second kappa shape index (κ2) is 6.51. The summed E-state index contributed by atoms with van der Waals surface area (Å²) in [7, 11) is 0. The first-order valence-corrected chi connectivity index (χ1v) is 7.29. The molecule has 120 valence electrons. The number of halogens is 1. The molecular formula is C16H11ClN4O3. The zero-order chi connectivity index (χ0) is 17.1. The number of nitro groups is 1. The summed E-state index contributed by atoms with van der Waals surface area (Å²) in [6.07, 6.45) is 1.27. The van der Waals surface area contributed by atoms with E-state index in [1.54, 1.807) is 30.3 Å². The molecule has 0 bridgehead atoms. The zero-order valence-electron chi connectivity index (χ0n) is 12.2.